The summed E-state index contributed by atoms with van der Waals surface area (Å²) >= 11 is 0. The predicted molar refractivity (Wildman–Crippen MR) is 69.0 cm³/mol. The van der Waals surface area contributed by atoms with Crippen molar-refractivity contribution in [1.29, 1.82) is 0 Å². The van der Waals surface area contributed by atoms with Crippen molar-refractivity contribution >= 4 is 21.4 Å². The highest BCUT2D eigenvalue weighted by atomic mass is 32.2. The van der Waals surface area contributed by atoms with Crippen LogP contribution in [0.3, 0.4) is 0 Å². The SMILES string of the molecule is CS(=O)(=O)NCCCNc1cccc([N+](=O)[O-])c1. The lowest BCUT2D eigenvalue weighted by molar-refractivity contribution is -0.384. The summed E-state index contributed by atoms with van der Waals surface area (Å²) in [6, 6.07) is 6.16. The van der Waals surface area contributed by atoms with Crippen LogP contribution in [-0.2, 0) is 10.0 Å². The number of anilines is 1. The van der Waals surface area contributed by atoms with Gasteiger partial charge in [0.2, 0.25) is 10.0 Å². The van der Waals surface area contributed by atoms with Gasteiger partial charge in [-0.2, -0.15) is 0 Å². The van der Waals surface area contributed by atoms with E-state index in [1.807, 2.05) is 0 Å². The molecule has 8 heteroatoms. The third-order valence-corrected chi connectivity index (χ3v) is 2.83. The van der Waals surface area contributed by atoms with Gasteiger partial charge in [0, 0.05) is 30.9 Å². The largest absolute Gasteiger partial charge is 0.385 e. The van der Waals surface area contributed by atoms with E-state index in [-0.39, 0.29) is 5.69 Å². The zero-order valence-electron chi connectivity index (χ0n) is 9.92. The molecule has 0 amide bonds. The Morgan fingerprint density at radius 1 is 1.33 bits per heavy atom. The molecule has 7 nitrogen and oxygen atoms in total. The second-order valence-electron chi connectivity index (χ2n) is 3.75. The van der Waals surface area contributed by atoms with E-state index in [1.165, 1.54) is 12.1 Å². The summed E-state index contributed by atoms with van der Waals surface area (Å²) < 4.78 is 23.9. The lowest BCUT2D eigenvalue weighted by atomic mass is 10.3. The summed E-state index contributed by atoms with van der Waals surface area (Å²) in [5.74, 6) is 0. The summed E-state index contributed by atoms with van der Waals surface area (Å²) in [6.07, 6.45) is 1.69. The van der Waals surface area contributed by atoms with Crippen molar-refractivity contribution in [1.82, 2.24) is 4.72 Å². The molecule has 0 aliphatic rings. The normalized spacial score (nSPS) is 11.2. The van der Waals surface area contributed by atoms with Crippen LogP contribution in [0.25, 0.3) is 0 Å². The third kappa shape index (κ3) is 5.60. The van der Waals surface area contributed by atoms with E-state index in [4.69, 9.17) is 0 Å². The molecule has 0 atom stereocenters. The third-order valence-electron chi connectivity index (χ3n) is 2.10. The Kier molecular flexibility index (Phi) is 5.05. The van der Waals surface area contributed by atoms with Gasteiger partial charge in [-0.3, -0.25) is 10.1 Å². The molecule has 1 rings (SSSR count). The van der Waals surface area contributed by atoms with E-state index in [2.05, 4.69) is 10.0 Å². The van der Waals surface area contributed by atoms with Crippen molar-refractivity contribution < 1.29 is 13.3 Å². The maximum atomic E-state index is 10.8. The molecular formula is C10H15N3O4S. The number of benzene rings is 1. The Bertz CT molecular complexity index is 516. The van der Waals surface area contributed by atoms with Gasteiger partial charge in [-0.05, 0) is 12.5 Å². The highest BCUT2D eigenvalue weighted by molar-refractivity contribution is 7.88. The zero-order chi connectivity index (χ0) is 13.6. The standard InChI is InChI=1S/C10H15N3O4S/c1-18(16,17)12-7-3-6-11-9-4-2-5-10(8-9)13(14)15/h2,4-5,8,11-12H,3,6-7H2,1H3. The minimum Gasteiger partial charge on any atom is -0.385 e. The first-order chi connectivity index (χ1) is 8.38. The number of hydrogen-bond acceptors (Lipinski definition) is 5. The van der Waals surface area contributed by atoms with E-state index >= 15 is 0 Å². The molecule has 0 unspecified atom stereocenters. The van der Waals surface area contributed by atoms with Crippen LogP contribution in [0.2, 0.25) is 0 Å². The summed E-state index contributed by atoms with van der Waals surface area (Å²) in [4.78, 5) is 10.1. The van der Waals surface area contributed by atoms with E-state index in [0.717, 1.165) is 6.26 Å². The van der Waals surface area contributed by atoms with Crippen molar-refractivity contribution in [3.05, 3.63) is 34.4 Å². The Hall–Kier alpha value is -1.67. The quantitative estimate of drug-likeness (QED) is 0.437. The average Bonchev–Trinajstić information content (AvgIpc) is 2.27. The lowest BCUT2D eigenvalue weighted by Crippen LogP contribution is -2.24. The molecule has 18 heavy (non-hydrogen) atoms. The molecule has 100 valence electrons. The van der Waals surface area contributed by atoms with Gasteiger partial charge in [-0.15, -0.1) is 0 Å². The van der Waals surface area contributed by atoms with E-state index in [0.29, 0.717) is 25.2 Å². The predicted octanol–water partition coefficient (Wildman–Crippen LogP) is 0.946. The van der Waals surface area contributed by atoms with Crippen LogP contribution in [0.15, 0.2) is 24.3 Å². The first-order valence-corrected chi connectivity index (χ1v) is 7.20. The second-order valence-corrected chi connectivity index (χ2v) is 5.59. The maximum Gasteiger partial charge on any atom is 0.271 e. The molecule has 0 aliphatic carbocycles. The maximum absolute atomic E-state index is 10.8. The molecule has 0 spiro atoms. The summed E-state index contributed by atoms with van der Waals surface area (Å²) in [7, 11) is -3.15. The van der Waals surface area contributed by atoms with Crippen LogP contribution < -0.4 is 10.0 Å². The Morgan fingerprint density at radius 3 is 2.67 bits per heavy atom. The van der Waals surface area contributed by atoms with Gasteiger partial charge in [-0.25, -0.2) is 13.1 Å². The average molecular weight is 273 g/mol. The van der Waals surface area contributed by atoms with Gasteiger partial charge < -0.3 is 5.32 Å². The minimum absolute atomic E-state index is 0.0225. The van der Waals surface area contributed by atoms with Crippen LogP contribution in [-0.4, -0.2) is 32.7 Å². The number of non-ortho nitro benzene ring substituents is 1. The van der Waals surface area contributed by atoms with Gasteiger partial charge in [0.1, 0.15) is 0 Å². The zero-order valence-corrected chi connectivity index (χ0v) is 10.7. The van der Waals surface area contributed by atoms with Gasteiger partial charge in [0.05, 0.1) is 11.2 Å². The molecule has 0 aromatic heterocycles. The van der Waals surface area contributed by atoms with Crippen molar-refractivity contribution in [3.8, 4) is 0 Å². The van der Waals surface area contributed by atoms with Gasteiger partial charge >= 0.3 is 0 Å². The molecule has 1 aromatic carbocycles. The fourth-order valence-corrected chi connectivity index (χ4v) is 1.82. The summed E-state index contributed by atoms with van der Waals surface area (Å²) in [5, 5.41) is 13.5. The molecule has 1 aromatic rings. The Morgan fingerprint density at radius 2 is 2.06 bits per heavy atom. The molecule has 2 N–H and O–H groups in total. The van der Waals surface area contributed by atoms with Gasteiger partial charge in [-0.1, -0.05) is 6.07 Å². The number of rotatable bonds is 7. The molecule has 0 aliphatic heterocycles. The molecule has 0 fully saturated rings. The van der Waals surface area contributed by atoms with Crippen molar-refractivity contribution in [3.63, 3.8) is 0 Å². The smallest absolute Gasteiger partial charge is 0.271 e. The highest BCUT2D eigenvalue weighted by Crippen LogP contribution is 2.16. The molecule has 0 saturated heterocycles. The van der Waals surface area contributed by atoms with E-state index < -0.39 is 14.9 Å². The summed E-state index contributed by atoms with van der Waals surface area (Å²) in [6.45, 7) is 0.866. The van der Waals surface area contributed by atoms with Crippen molar-refractivity contribution in [2.45, 2.75) is 6.42 Å². The van der Waals surface area contributed by atoms with Crippen molar-refractivity contribution in [2.24, 2.45) is 0 Å². The molecule has 0 bridgehead atoms. The van der Waals surface area contributed by atoms with Gasteiger partial charge in [0.15, 0.2) is 0 Å². The second kappa shape index (κ2) is 6.31. The number of nitrogens with zero attached hydrogens (tertiary/aromatic N) is 1. The van der Waals surface area contributed by atoms with Crippen LogP contribution in [0, 0.1) is 10.1 Å². The number of sulfonamides is 1. The molecule has 0 radical (unpaired) electrons. The highest BCUT2D eigenvalue weighted by Gasteiger charge is 2.05. The monoisotopic (exact) mass is 273 g/mol. The van der Waals surface area contributed by atoms with Crippen LogP contribution in [0.5, 0.6) is 0 Å². The fraction of sp³-hybridized carbons (Fsp3) is 0.400. The van der Waals surface area contributed by atoms with Crippen LogP contribution in [0.1, 0.15) is 6.42 Å². The van der Waals surface area contributed by atoms with E-state index in [9.17, 15) is 18.5 Å². The molecule has 0 saturated carbocycles. The fourth-order valence-electron chi connectivity index (χ4n) is 1.31. The Balaban J connectivity index is 2.36. The van der Waals surface area contributed by atoms with Crippen molar-refractivity contribution in [2.75, 3.05) is 24.7 Å². The van der Waals surface area contributed by atoms with E-state index in [1.54, 1.807) is 12.1 Å². The Labute approximate surface area is 105 Å². The topological polar surface area (TPSA) is 101 Å². The number of nitro benzene ring substituents is 1. The van der Waals surface area contributed by atoms with Crippen LogP contribution in [0.4, 0.5) is 11.4 Å². The number of hydrogen-bond donors (Lipinski definition) is 2. The first kappa shape index (κ1) is 14.4. The van der Waals surface area contributed by atoms with Crippen LogP contribution >= 0.6 is 0 Å². The minimum atomic E-state index is -3.15. The van der Waals surface area contributed by atoms with Gasteiger partial charge in [0.25, 0.3) is 5.69 Å². The lowest BCUT2D eigenvalue weighted by Gasteiger charge is -2.06. The summed E-state index contributed by atoms with van der Waals surface area (Å²) in [5.41, 5.74) is 0.665. The number of nitro groups is 1. The number of nitrogens with one attached hydrogen (secondary N) is 2. The first-order valence-electron chi connectivity index (χ1n) is 5.31. The molecular weight excluding hydrogens is 258 g/mol. The molecule has 0 heterocycles.